The van der Waals surface area contributed by atoms with E-state index in [9.17, 15) is 9.59 Å². The molecule has 3 aromatic carbocycles. The van der Waals surface area contributed by atoms with Crippen LogP contribution in [0.3, 0.4) is 0 Å². The zero-order valence-corrected chi connectivity index (χ0v) is 24.8. The molecule has 1 amide bonds. The van der Waals surface area contributed by atoms with Gasteiger partial charge in [0.25, 0.3) is 0 Å². The minimum Gasteiger partial charge on any atom is -0.493 e. The standard InChI is InChI=1S/C30H31N3O6.2ClH/c1-5-39-24-12-11-20-21(27(24)33-30(35)23(31)13-18-9-7-6-8-10-18)16-32-17-22(20)28(34)19-14-25(36-2)29(38-4)26(15-19)37-3;;/h6-12,14-17,23H,5,13,31H2,1-4H3,(H,33,35);2*1H. The molecule has 0 saturated carbocycles. The number of halogens is 2. The van der Waals surface area contributed by atoms with Crippen LogP contribution in [0.5, 0.6) is 23.0 Å². The minimum atomic E-state index is -0.797. The van der Waals surface area contributed by atoms with Crippen molar-refractivity contribution in [2.75, 3.05) is 33.3 Å². The van der Waals surface area contributed by atoms with Gasteiger partial charge in [-0.25, -0.2) is 0 Å². The third kappa shape index (κ3) is 7.18. The molecule has 0 spiro atoms. The van der Waals surface area contributed by atoms with E-state index in [0.717, 1.165) is 5.56 Å². The van der Waals surface area contributed by atoms with Crippen LogP contribution >= 0.6 is 24.8 Å². The maximum Gasteiger partial charge on any atom is 0.241 e. The van der Waals surface area contributed by atoms with Crippen molar-refractivity contribution in [2.45, 2.75) is 19.4 Å². The number of methoxy groups -OCH3 is 3. The van der Waals surface area contributed by atoms with Crippen molar-refractivity contribution in [2.24, 2.45) is 5.73 Å². The van der Waals surface area contributed by atoms with E-state index in [0.29, 0.717) is 63.6 Å². The Morgan fingerprint density at radius 3 is 2.12 bits per heavy atom. The van der Waals surface area contributed by atoms with Gasteiger partial charge >= 0.3 is 0 Å². The molecule has 0 bridgehead atoms. The van der Waals surface area contributed by atoms with E-state index < -0.39 is 6.04 Å². The second kappa shape index (κ2) is 15.1. The molecule has 1 unspecified atom stereocenters. The van der Waals surface area contributed by atoms with E-state index in [1.807, 2.05) is 37.3 Å². The molecule has 0 aliphatic heterocycles. The van der Waals surface area contributed by atoms with Gasteiger partial charge in [-0.2, -0.15) is 0 Å². The fraction of sp³-hybridized carbons (Fsp3) is 0.233. The summed E-state index contributed by atoms with van der Waals surface area (Å²) in [5.74, 6) is 0.846. The highest BCUT2D eigenvalue weighted by Gasteiger charge is 2.23. The largest absolute Gasteiger partial charge is 0.493 e. The highest BCUT2D eigenvalue weighted by molar-refractivity contribution is 6.19. The number of nitrogens with zero attached hydrogens (tertiary/aromatic N) is 1. The first-order chi connectivity index (χ1) is 18.9. The SMILES string of the molecule is CCOc1ccc2c(C(=O)c3cc(OC)c(OC)c(OC)c3)cncc2c1NC(=O)C(N)Cc1ccccc1.Cl.Cl. The number of ether oxygens (including phenoxy) is 4. The summed E-state index contributed by atoms with van der Waals surface area (Å²) in [5.41, 5.74) is 8.24. The van der Waals surface area contributed by atoms with Crippen LogP contribution in [0.15, 0.2) is 67.0 Å². The molecule has 9 nitrogen and oxygen atoms in total. The average Bonchev–Trinajstić information content (AvgIpc) is 2.97. The van der Waals surface area contributed by atoms with Gasteiger partial charge in [0.15, 0.2) is 17.3 Å². The lowest BCUT2D eigenvalue weighted by Crippen LogP contribution is -2.37. The molecule has 0 aliphatic rings. The van der Waals surface area contributed by atoms with Gasteiger partial charge in [-0.05, 0) is 48.6 Å². The number of hydrogen-bond acceptors (Lipinski definition) is 8. The highest BCUT2D eigenvalue weighted by Crippen LogP contribution is 2.40. The van der Waals surface area contributed by atoms with Crippen molar-refractivity contribution in [3.05, 3.63) is 83.7 Å². The van der Waals surface area contributed by atoms with E-state index in [1.54, 1.807) is 30.5 Å². The lowest BCUT2D eigenvalue weighted by molar-refractivity contribution is -0.117. The number of carbonyl (C=O) groups excluding carboxylic acids is 2. The Kier molecular flexibility index (Phi) is 12.2. The van der Waals surface area contributed by atoms with Crippen molar-refractivity contribution in [3.8, 4) is 23.0 Å². The molecule has 3 N–H and O–H groups in total. The molecular formula is C30H33Cl2N3O6. The summed E-state index contributed by atoms with van der Waals surface area (Å²) in [6.07, 6.45) is 3.44. The fourth-order valence-corrected chi connectivity index (χ4v) is 4.35. The van der Waals surface area contributed by atoms with Crippen molar-refractivity contribution < 1.29 is 28.5 Å². The number of anilines is 1. The van der Waals surface area contributed by atoms with Crippen molar-refractivity contribution in [3.63, 3.8) is 0 Å². The fourth-order valence-electron chi connectivity index (χ4n) is 4.35. The van der Waals surface area contributed by atoms with Gasteiger partial charge in [0.1, 0.15) is 5.75 Å². The summed E-state index contributed by atoms with van der Waals surface area (Å²) in [4.78, 5) is 31.2. The van der Waals surface area contributed by atoms with Crippen LogP contribution in [0, 0.1) is 0 Å². The number of carbonyl (C=O) groups is 2. The number of amides is 1. The summed E-state index contributed by atoms with van der Waals surface area (Å²) in [6.45, 7) is 2.22. The first-order valence-corrected chi connectivity index (χ1v) is 12.4. The first-order valence-electron chi connectivity index (χ1n) is 12.4. The molecule has 0 saturated heterocycles. The normalized spacial score (nSPS) is 11.0. The number of aromatic nitrogens is 1. The molecule has 0 radical (unpaired) electrons. The van der Waals surface area contributed by atoms with Crippen molar-refractivity contribution in [1.82, 2.24) is 4.98 Å². The molecule has 1 heterocycles. The van der Waals surface area contributed by atoms with Crippen molar-refractivity contribution >= 4 is 53.0 Å². The van der Waals surface area contributed by atoms with Crippen LogP contribution in [-0.2, 0) is 11.2 Å². The Balaban J connectivity index is 0.00000294. The van der Waals surface area contributed by atoms with Gasteiger partial charge in [0, 0.05) is 28.9 Å². The van der Waals surface area contributed by atoms with Crippen LogP contribution in [0.25, 0.3) is 10.8 Å². The summed E-state index contributed by atoms with van der Waals surface area (Å²) in [6, 6.07) is 15.4. The van der Waals surface area contributed by atoms with Crippen LogP contribution in [0.4, 0.5) is 5.69 Å². The second-order valence-electron chi connectivity index (χ2n) is 8.68. The number of fused-ring (bicyclic) bond motifs is 1. The molecule has 0 aliphatic carbocycles. The van der Waals surface area contributed by atoms with Crippen LogP contribution < -0.4 is 30.0 Å². The van der Waals surface area contributed by atoms with Gasteiger partial charge in [-0.3, -0.25) is 14.6 Å². The monoisotopic (exact) mass is 601 g/mol. The van der Waals surface area contributed by atoms with Crippen LogP contribution in [-0.4, -0.2) is 50.7 Å². The topological polar surface area (TPSA) is 122 Å². The Morgan fingerprint density at radius 2 is 1.54 bits per heavy atom. The summed E-state index contributed by atoms with van der Waals surface area (Å²) in [5, 5.41) is 4.04. The van der Waals surface area contributed by atoms with Gasteiger partial charge in [-0.1, -0.05) is 30.3 Å². The maximum absolute atomic E-state index is 13.7. The molecule has 4 aromatic rings. The summed E-state index contributed by atoms with van der Waals surface area (Å²) < 4.78 is 22.0. The Bertz CT molecular complexity index is 1480. The smallest absolute Gasteiger partial charge is 0.241 e. The number of ketones is 1. The molecule has 1 aromatic heterocycles. The second-order valence-corrected chi connectivity index (χ2v) is 8.68. The Labute approximate surface area is 251 Å². The number of nitrogens with two attached hydrogens (primary N) is 1. The highest BCUT2D eigenvalue weighted by atomic mass is 35.5. The number of hydrogen-bond donors (Lipinski definition) is 2. The number of nitrogens with one attached hydrogen (secondary N) is 1. The van der Waals surface area contributed by atoms with E-state index in [4.69, 9.17) is 24.7 Å². The van der Waals surface area contributed by atoms with Gasteiger partial charge in [0.2, 0.25) is 11.7 Å². The Hall–Kier alpha value is -4.05. The van der Waals surface area contributed by atoms with E-state index in [-0.39, 0.29) is 36.5 Å². The van der Waals surface area contributed by atoms with Crippen LogP contribution in [0.1, 0.15) is 28.4 Å². The third-order valence-corrected chi connectivity index (χ3v) is 6.26. The van der Waals surface area contributed by atoms with Crippen molar-refractivity contribution in [1.29, 1.82) is 0 Å². The Morgan fingerprint density at radius 1 is 0.878 bits per heavy atom. The number of rotatable bonds is 11. The zero-order chi connectivity index (χ0) is 27.9. The third-order valence-electron chi connectivity index (χ3n) is 6.26. The molecule has 4 rings (SSSR count). The minimum absolute atomic E-state index is 0. The number of pyridine rings is 1. The number of benzene rings is 3. The molecule has 218 valence electrons. The molecule has 1 atom stereocenters. The van der Waals surface area contributed by atoms with Gasteiger partial charge in [-0.15, -0.1) is 24.8 Å². The van der Waals surface area contributed by atoms with Gasteiger partial charge in [0.05, 0.1) is 39.7 Å². The van der Waals surface area contributed by atoms with E-state index in [1.165, 1.54) is 27.5 Å². The zero-order valence-electron chi connectivity index (χ0n) is 23.1. The average molecular weight is 603 g/mol. The predicted octanol–water partition coefficient (Wildman–Crippen LogP) is 5.24. The molecule has 0 fully saturated rings. The van der Waals surface area contributed by atoms with E-state index >= 15 is 0 Å². The quantitative estimate of drug-likeness (QED) is 0.224. The van der Waals surface area contributed by atoms with E-state index in [2.05, 4.69) is 10.3 Å². The lowest BCUT2D eigenvalue weighted by atomic mass is 9.97. The summed E-state index contributed by atoms with van der Waals surface area (Å²) in [7, 11) is 4.46. The molecule has 41 heavy (non-hydrogen) atoms. The lowest BCUT2D eigenvalue weighted by Gasteiger charge is -2.18. The predicted molar refractivity (Wildman–Crippen MR) is 164 cm³/mol. The van der Waals surface area contributed by atoms with Gasteiger partial charge < -0.3 is 30.0 Å². The molecule has 11 heteroatoms. The molecular weight excluding hydrogens is 569 g/mol. The first kappa shape index (κ1) is 33.2. The summed E-state index contributed by atoms with van der Waals surface area (Å²) >= 11 is 0. The maximum atomic E-state index is 13.7. The van der Waals surface area contributed by atoms with Crippen LogP contribution in [0.2, 0.25) is 0 Å².